The van der Waals surface area contributed by atoms with Crippen molar-refractivity contribution >= 4 is 5.91 Å². The molecule has 0 unspecified atom stereocenters. The first kappa shape index (κ1) is 13.0. The zero-order chi connectivity index (χ0) is 13.5. The Morgan fingerprint density at radius 2 is 2.16 bits per heavy atom. The Kier molecular flexibility index (Phi) is 4.44. The summed E-state index contributed by atoms with van der Waals surface area (Å²) in [5.41, 5.74) is 1.10. The molecule has 2 rings (SSSR count). The van der Waals surface area contributed by atoms with Crippen LogP contribution >= 0.6 is 0 Å². The van der Waals surface area contributed by atoms with Gasteiger partial charge in [0.15, 0.2) is 5.82 Å². The maximum atomic E-state index is 11.5. The Balaban J connectivity index is 1.92. The van der Waals surface area contributed by atoms with Gasteiger partial charge in [0, 0.05) is 13.0 Å². The fourth-order valence-corrected chi connectivity index (χ4v) is 1.60. The second kappa shape index (κ2) is 6.49. The van der Waals surface area contributed by atoms with Crippen LogP contribution < -0.4 is 5.32 Å². The molecule has 19 heavy (non-hydrogen) atoms. The van der Waals surface area contributed by atoms with Crippen LogP contribution in [0.15, 0.2) is 47.5 Å². The van der Waals surface area contributed by atoms with Crippen molar-refractivity contribution in [1.82, 2.24) is 15.5 Å². The van der Waals surface area contributed by atoms with E-state index in [-0.39, 0.29) is 12.3 Å². The van der Waals surface area contributed by atoms with E-state index in [1.807, 2.05) is 30.3 Å². The largest absolute Gasteiger partial charge is 0.352 e. The van der Waals surface area contributed by atoms with Crippen LogP contribution in [0.5, 0.6) is 0 Å². The summed E-state index contributed by atoms with van der Waals surface area (Å²) >= 11 is 0. The lowest BCUT2D eigenvalue weighted by atomic mass is 10.1. The van der Waals surface area contributed by atoms with E-state index in [1.165, 1.54) is 0 Å². The number of hydrogen-bond acceptors (Lipinski definition) is 4. The lowest BCUT2D eigenvalue weighted by molar-refractivity contribution is -0.120. The van der Waals surface area contributed by atoms with Gasteiger partial charge >= 0.3 is 0 Å². The van der Waals surface area contributed by atoms with Crippen molar-refractivity contribution < 1.29 is 9.32 Å². The van der Waals surface area contributed by atoms with Crippen molar-refractivity contribution in [3.05, 3.63) is 60.3 Å². The summed E-state index contributed by atoms with van der Waals surface area (Å²) in [7, 11) is 0. The zero-order valence-electron chi connectivity index (χ0n) is 10.5. The van der Waals surface area contributed by atoms with Gasteiger partial charge in [-0.25, -0.2) is 0 Å². The van der Waals surface area contributed by atoms with Crippen molar-refractivity contribution in [2.24, 2.45) is 0 Å². The lowest BCUT2D eigenvalue weighted by Gasteiger charge is -1.97. The van der Waals surface area contributed by atoms with Crippen LogP contribution in [0, 0.1) is 0 Å². The molecule has 0 radical (unpaired) electrons. The molecule has 0 fully saturated rings. The van der Waals surface area contributed by atoms with Gasteiger partial charge < -0.3 is 9.84 Å². The molecule has 0 aliphatic carbocycles. The monoisotopic (exact) mass is 257 g/mol. The fourth-order valence-electron chi connectivity index (χ4n) is 1.60. The maximum Gasteiger partial charge on any atom is 0.236 e. The smallest absolute Gasteiger partial charge is 0.236 e. The Labute approximate surface area is 111 Å². The second-order valence-corrected chi connectivity index (χ2v) is 4.04. The van der Waals surface area contributed by atoms with Crippen LogP contribution in [0.4, 0.5) is 0 Å². The van der Waals surface area contributed by atoms with Gasteiger partial charge in [0.25, 0.3) is 0 Å². The second-order valence-electron chi connectivity index (χ2n) is 4.04. The highest BCUT2D eigenvalue weighted by atomic mass is 16.5. The van der Waals surface area contributed by atoms with E-state index in [0.717, 1.165) is 5.56 Å². The van der Waals surface area contributed by atoms with Crippen LogP contribution in [0.3, 0.4) is 0 Å². The molecule has 1 heterocycles. The molecule has 1 aromatic carbocycles. The zero-order valence-corrected chi connectivity index (χ0v) is 10.5. The quantitative estimate of drug-likeness (QED) is 0.796. The van der Waals surface area contributed by atoms with Gasteiger partial charge in [-0.3, -0.25) is 4.79 Å². The normalized spacial score (nSPS) is 10.1. The maximum absolute atomic E-state index is 11.5. The van der Waals surface area contributed by atoms with Gasteiger partial charge in [-0.2, -0.15) is 4.98 Å². The molecule has 5 heteroatoms. The predicted molar refractivity (Wildman–Crippen MR) is 70.5 cm³/mol. The summed E-state index contributed by atoms with van der Waals surface area (Å²) in [5, 5.41) is 6.51. The van der Waals surface area contributed by atoms with E-state index in [2.05, 4.69) is 22.0 Å². The molecule has 1 amide bonds. The standard InChI is InChI=1S/C14H15N3O2/c1-2-8-15-13(18)10-14-16-12(17-19-14)9-11-6-4-3-5-7-11/h2-7H,1,8-10H2,(H,15,18). The number of carbonyl (C=O) groups is 1. The van der Waals surface area contributed by atoms with Gasteiger partial charge in [-0.1, -0.05) is 41.6 Å². The molecule has 0 saturated heterocycles. The summed E-state index contributed by atoms with van der Waals surface area (Å²) in [6, 6.07) is 9.85. The van der Waals surface area contributed by atoms with Crippen molar-refractivity contribution in [1.29, 1.82) is 0 Å². The molecule has 1 N–H and O–H groups in total. The molecule has 2 aromatic rings. The Morgan fingerprint density at radius 3 is 2.89 bits per heavy atom. The number of aromatic nitrogens is 2. The third kappa shape index (κ3) is 4.06. The van der Waals surface area contributed by atoms with Crippen molar-refractivity contribution in [3.8, 4) is 0 Å². The summed E-state index contributed by atoms with van der Waals surface area (Å²) < 4.78 is 5.04. The van der Waals surface area contributed by atoms with Crippen molar-refractivity contribution in [2.45, 2.75) is 12.8 Å². The highest BCUT2D eigenvalue weighted by molar-refractivity contribution is 5.77. The fraction of sp³-hybridized carbons (Fsp3) is 0.214. The molecule has 0 atom stereocenters. The number of nitrogens with one attached hydrogen (secondary N) is 1. The molecular weight excluding hydrogens is 242 g/mol. The molecule has 0 spiro atoms. The highest BCUT2D eigenvalue weighted by Gasteiger charge is 2.10. The third-order valence-electron chi connectivity index (χ3n) is 2.47. The van der Waals surface area contributed by atoms with E-state index in [1.54, 1.807) is 6.08 Å². The summed E-state index contributed by atoms with van der Waals surface area (Å²) in [6.07, 6.45) is 2.31. The summed E-state index contributed by atoms with van der Waals surface area (Å²) in [6.45, 7) is 3.96. The molecule has 1 aromatic heterocycles. The number of carbonyl (C=O) groups excluding carboxylic acids is 1. The molecule has 0 bridgehead atoms. The van der Waals surface area contributed by atoms with Crippen LogP contribution in [0.1, 0.15) is 17.3 Å². The first-order valence-corrected chi connectivity index (χ1v) is 6.01. The van der Waals surface area contributed by atoms with Crippen molar-refractivity contribution in [3.63, 3.8) is 0 Å². The number of benzene rings is 1. The summed E-state index contributed by atoms with van der Waals surface area (Å²) in [4.78, 5) is 15.6. The van der Waals surface area contributed by atoms with Crippen LogP contribution in [-0.4, -0.2) is 22.6 Å². The molecule has 5 nitrogen and oxygen atoms in total. The predicted octanol–water partition coefficient (Wildman–Crippen LogP) is 1.51. The minimum Gasteiger partial charge on any atom is -0.352 e. The third-order valence-corrected chi connectivity index (χ3v) is 2.47. The van der Waals surface area contributed by atoms with E-state index in [0.29, 0.717) is 24.7 Å². The van der Waals surface area contributed by atoms with E-state index < -0.39 is 0 Å². The lowest BCUT2D eigenvalue weighted by Crippen LogP contribution is -2.25. The SMILES string of the molecule is C=CCNC(=O)Cc1nc(Cc2ccccc2)no1. The van der Waals surface area contributed by atoms with Crippen LogP contribution in [0.2, 0.25) is 0 Å². The first-order chi connectivity index (χ1) is 9.28. The van der Waals surface area contributed by atoms with Gasteiger partial charge in [0.05, 0.1) is 0 Å². The number of nitrogens with zero attached hydrogens (tertiary/aromatic N) is 2. The Morgan fingerprint density at radius 1 is 1.37 bits per heavy atom. The average molecular weight is 257 g/mol. The molecule has 0 aliphatic heterocycles. The number of rotatable bonds is 6. The number of amides is 1. The highest BCUT2D eigenvalue weighted by Crippen LogP contribution is 2.06. The van der Waals surface area contributed by atoms with Gasteiger partial charge in [-0.05, 0) is 5.56 Å². The molecule has 0 aliphatic rings. The van der Waals surface area contributed by atoms with Crippen molar-refractivity contribution in [2.75, 3.05) is 6.54 Å². The van der Waals surface area contributed by atoms with E-state index in [4.69, 9.17) is 4.52 Å². The Bertz CT molecular complexity index is 549. The minimum absolute atomic E-state index is 0.0929. The Hall–Kier alpha value is -2.43. The van der Waals surface area contributed by atoms with Crippen LogP contribution in [-0.2, 0) is 17.6 Å². The topological polar surface area (TPSA) is 68.0 Å². The molecule has 98 valence electrons. The van der Waals surface area contributed by atoms with Crippen LogP contribution in [0.25, 0.3) is 0 Å². The number of hydrogen-bond donors (Lipinski definition) is 1. The van der Waals surface area contributed by atoms with Gasteiger partial charge in [0.2, 0.25) is 11.8 Å². The minimum atomic E-state index is -0.158. The molecular formula is C14H15N3O2. The molecule has 0 saturated carbocycles. The van der Waals surface area contributed by atoms with E-state index in [9.17, 15) is 4.79 Å². The average Bonchev–Trinajstić information content (AvgIpc) is 2.85. The summed E-state index contributed by atoms with van der Waals surface area (Å²) in [5.74, 6) is 0.750. The first-order valence-electron chi connectivity index (χ1n) is 6.01. The van der Waals surface area contributed by atoms with E-state index >= 15 is 0 Å². The van der Waals surface area contributed by atoms with Gasteiger partial charge in [0.1, 0.15) is 6.42 Å². The van der Waals surface area contributed by atoms with Gasteiger partial charge in [-0.15, -0.1) is 6.58 Å².